The SMILES string of the molecule is O=C(O)Cc1ccccc1CNC1CC=CC1. The highest BCUT2D eigenvalue weighted by atomic mass is 16.4. The van der Waals surface area contributed by atoms with Crippen LogP contribution in [0.4, 0.5) is 0 Å². The molecule has 0 unspecified atom stereocenters. The Kier molecular flexibility index (Phi) is 3.94. The van der Waals surface area contributed by atoms with Crippen molar-refractivity contribution < 1.29 is 9.90 Å². The third-order valence-corrected chi connectivity index (χ3v) is 3.05. The molecule has 0 aliphatic heterocycles. The Balaban J connectivity index is 1.96. The molecule has 1 aliphatic carbocycles. The monoisotopic (exact) mass is 231 g/mol. The van der Waals surface area contributed by atoms with Gasteiger partial charge in [0, 0.05) is 12.6 Å². The van der Waals surface area contributed by atoms with Crippen molar-refractivity contribution in [1.82, 2.24) is 5.32 Å². The summed E-state index contributed by atoms with van der Waals surface area (Å²) in [7, 11) is 0. The fraction of sp³-hybridized carbons (Fsp3) is 0.357. The first-order valence-electron chi connectivity index (χ1n) is 5.92. The van der Waals surface area contributed by atoms with E-state index < -0.39 is 5.97 Å². The highest BCUT2D eigenvalue weighted by molar-refractivity contribution is 5.70. The number of hydrogen-bond acceptors (Lipinski definition) is 2. The molecule has 1 aromatic rings. The molecule has 0 radical (unpaired) electrons. The van der Waals surface area contributed by atoms with Gasteiger partial charge in [0.15, 0.2) is 0 Å². The van der Waals surface area contributed by atoms with Gasteiger partial charge in [-0.25, -0.2) is 0 Å². The van der Waals surface area contributed by atoms with Gasteiger partial charge in [-0.1, -0.05) is 36.4 Å². The Hall–Kier alpha value is -1.61. The number of hydrogen-bond donors (Lipinski definition) is 2. The topological polar surface area (TPSA) is 49.3 Å². The smallest absolute Gasteiger partial charge is 0.307 e. The van der Waals surface area contributed by atoms with E-state index in [0.717, 1.165) is 30.5 Å². The molecule has 0 saturated carbocycles. The molecule has 2 N–H and O–H groups in total. The summed E-state index contributed by atoms with van der Waals surface area (Å²) < 4.78 is 0. The van der Waals surface area contributed by atoms with Crippen LogP contribution in [-0.2, 0) is 17.8 Å². The summed E-state index contributed by atoms with van der Waals surface area (Å²) >= 11 is 0. The first-order chi connectivity index (χ1) is 8.25. The van der Waals surface area contributed by atoms with Crippen LogP contribution in [0.2, 0.25) is 0 Å². The zero-order chi connectivity index (χ0) is 12.1. The van der Waals surface area contributed by atoms with E-state index in [1.54, 1.807) is 0 Å². The van der Waals surface area contributed by atoms with Crippen LogP contribution in [0.1, 0.15) is 24.0 Å². The molecule has 0 atom stereocenters. The third-order valence-electron chi connectivity index (χ3n) is 3.05. The van der Waals surface area contributed by atoms with Gasteiger partial charge in [0.25, 0.3) is 0 Å². The van der Waals surface area contributed by atoms with Crippen LogP contribution in [0.3, 0.4) is 0 Å². The van der Waals surface area contributed by atoms with Gasteiger partial charge in [-0.15, -0.1) is 0 Å². The van der Waals surface area contributed by atoms with Crippen molar-refractivity contribution in [2.24, 2.45) is 0 Å². The largest absolute Gasteiger partial charge is 0.481 e. The Bertz CT molecular complexity index is 418. The van der Waals surface area contributed by atoms with Gasteiger partial charge in [0.05, 0.1) is 6.42 Å². The number of benzene rings is 1. The average molecular weight is 231 g/mol. The van der Waals surface area contributed by atoms with E-state index in [1.807, 2.05) is 24.3 Å². The summed E-state index contributed by atoms with van der Waals surface area (Å²) in [5, 5.41) is 12.3. The third kappa shape index (κ3) is 3.43. The van der Waals surface area contributed by atoms with Gasteiger partial charge in [-0.05, 0) is 24.0 Å². The molecule has 0 bridgehead atoms. The van der Waals surface area contributed by atoms with Crippen molar-refractivity contribution >= 4 is 5.97 Å². The van der Waals surface area contributed by atoms with Gasteiger partial charge >= 0.3 is 5.97 Å². The maximum absolute atomic E-state index is 10.8. The maximum atomic E-state index is 10.8. The van der Waals surface area contributed by atoms with Crippen LogP contribution in [0.5, 0.6) is 0 Å². The van der Waals surface area contributed by atoms with Gasteiger partial charge in [0.2, 0.25) is 0 Å². The highest BCUT2D eigenvalue weighted by Gasteiger charge is 2.11. The van der Waals surface area contributed by atoms with Crippen LogP contribution >= 0.6 is 0 Å². The summed E-state index contributed by atoms with van der Waals surface area (Å²) in [5.74, 6) is -0.778. The Morgan fingerprint density at radius 1 is 1.24 bits per heavy atom. The Morgan fingerprint density at radius 2 is 1.88 bits per heavy atom. The second-order valence-electron chi connectivity index (χ2n) is 4.36. The molecule has 0 fully saturated rings. The van der Waals surface area contributed by atoms with Crippen molar-refractivity contribution in [3.8, 4) is 0 Å². The summed E-state index contributed by atoms with van der Waals surface area (Å²) in [4.78, 5) is 10.8. The molecule has 3 nitrogen and oxygen atoms in total. The lowest BCUT2D eigenvalue weighted by molar-refractivity contribution is -0.136. The van der Waals surface area contributed by atoms with Gasteiger partial charge in [-0.3, -0.25) is 4.79 Å². The van der Waals surface area contributed by atoms with Crippen LogP contribution in [0, 0.1) is 0 Å². The molecule has 1 aromatic carbocycles. The predicted octanol–water partition coefficient (Wildman–Crippen LogP) is 2.12. The van der Waals surface area contributed by atoms with Gasteiger partial charge < -0.3 is 10.4 Å². The molecular weight excluding hydrogens is 214 g/mol. The average Bonchev–Trinajstić information content (AvgIpc) is 2.80. The summed E-state index contributed by atoms with van der Waals surface area (Å²) in [6, 6.07) is 8.23. The van der Waals surface area contributed by atoms with E-state index in [-0.39, 0.29) is 6.42 Å². The van der Waals surface area contributed by atoms with Crippen molar-refractivity contribution in [3.05, 3.63) is 47.5 Å². The zero-order valence-corrected chi connectivity index (χ0v) is 9.73. The summed E-state index contributed by atoms with van der Waals surface area (Å²) in [6.07, 6.45) is 6.60. The van der Waals surface area contributed by atoms with Gasteiger partial charge in [0.1, 0.15) is 0 Å². The first-order valence-corrected chi connectivity index (χ1v) is 5.92. The molecule has 2 rings (SSSR count). The van der Waals surface area contributed by atoms with E-state index in [1.165, 1.54) is 0 Å². The lowest BCUT2D eigenvalue weighted by Crippen LogP contribution is -2.26. The van der Waals surface area contributed by atoms with Crippen LogP contribution < -0.4 is 5.32 Å². The van der Waals surface area contributed by atoms with E-state index in [9.17, 15) is 4.79 Å². The van der Waals surface area contributed by atoms with Gasteiger partial charge in [-0.2, -0.15) is 0 Å². The second-order valence-corrected chi connectivity index (χ2v) is 4.36. The molecule has 0 saturated heterocycles. The normalized spacial score (nSPS) is 15.3. The second kappa shape index (κ2) is 5.64. The molecule has 90 valence electrons. The minimum Gasteiger partial charge on any atom is -0.481 e. The standard InChI is InChI=1S/C14H17NO2/c16-14(17)9-11-5-1-2-6-12(11)10-15-13-7-3-4-8-13/h1-6,13,15H,7-10H2,(H,16,17). The van der Waals surface area contributed by atoms with E-state index >= 15 is 0 Å². The Morgan fingerprint density at radius 3 is 2.53 bits per heavy atom. The number of rotatable bonds is 5. The molecule has 0 spiro atoms. The van der Waals surface area contributed by atoms with Crippen molar-refractivity contribution in [2.45, 2.75) is 31.8 Å². The lowest BCUT2D eigenvalue weighted by Gasteiger charge is -2.14. The van der Waals surface area contributed by atoms with Crippen LogP contribution in [0.25, 0.3) is 0 Å². The van der Waals surface area contributed by atoms with Crippen molar-refractivity contribution in [2.75, 3.05) is 0 Å². The van der Waals surface area contributed by atoms with E-state index in [2.05, 4.69) is 17.5 Å². The molecule has 3 heteroatoms. The fourth-order valence-corrected chi connectivity index (χ4v) is 2.10. The minimum atomic E-state index is -0.778. The Labute approximate surface area is 101 Å². The molecule has 0 aromatic heterocycles. The van der Waals surface area contributed by atoms with E-state index in [4.69, 9.17) is 5.11 Å². The number of carbonyl (C=O) groups is 1. The molecule has 1 aliphatic rings. The quantitative estimate of drug-likeness (QED) is 0.763. The summed E-state index contributed by atoms with van der Waals surface area (Å²) in [5.41, 5.74) is 1.99. The van der Waals surface area contributed by atoms with Crippen LogP contribution in [0.15, 0.2) is 36.4 Å². The summed E-state index contributed by atoms with van der Waals surface area (Å²) in [6.45, 7) is 0.746. The lowest BCUT2D eigenvalue weighted by atomic mass is 10.0. The first kappa shape index (κ1) is 11.9. The predicted molar refractivity (Wildman–Crippen MR) is 66.8 cm³/mol. The van der Waals surface area contributed by atoms with Crippen molar-refractivity contribution in [3.63, 3.8) is 0 Å². The number of aliphatic carboxylic acids is 1. The zero-order valence-electron chi connectivity index (χ0n) is 9.73. The number of carboxylic acids is 1. The molecule has 17 heavy (non-hydrogen) atoms. The van der Waals surface area contributed by atoms with Crippen LogP contribution in [-0.4, -0.2) is 17.1 Å². The molecular formula is C14H17NO2. The fourth-order valence-electron chi connectivity index (χ4n) is 2.10. The molecule has 0 heterocycles. The highest BCUT2D eigenvalue weighted by Crippen LogP contribution is 2.13. The number of nitrogens with one attached hydrogen (secondary N) is 1. The molecule has 0 amide bonds. The minimum absolute atomic E-state index is 0.0980. The van der Waals surface area contributed by atoms with Crippen molar-refractivity contribution in [1.29, 1.82) is 0 Å². The maximum Gasteiger partial charge on any atom is 0.307 e. The van der Waals surface area contributed by atoms with E-state index in [0.29, 0.717) is 6.04 Å². The number of carboxylic acid groups (broad SMARTS) is 1.